The number of amides is 1. The fourth-order valence-corrected chi connectivity index (χ4v) is 2.92. The maximum absolute atomic E-state index is 12.3. The van der Waals surface area contributed by atoms with Crippen LogP contribution in [0.5, 0.6) is 0 Å². The molecule has 0 unspecified atom stereocenters. The quantitative estimate of drug-likeness (QED) is 0.887. The molecule has 20 heavy (non-hydrogen) atoms. The summed E-state index contributed by atoms with van der Waals surface area (Å²) in [6, 6.07) is 1.90. The number of anilines is 1. The maximum atomic E-state index is 12.3. The first-order valence-electron chi connectivity index (χ1n) is 7.47. The molecule has 1 aromatic heterocycles. The number of hydrogen-bond acceptors (Lipinski definition) is 3. The average molecular weight is 275 g/mol. The van der Waals surface area contributed by atoms with Crippen LogP contribution in [-0.2, 0) is 0 Å². The summed E-state index contributed by atoms with van der Waals surface area (Å²) in [6.45, 7) is 4.95. The Morgan fingerprint density at radius 3 is 2.70 bits per heavy atom. The molecular weight excluding hydrogens is 250 g/mol. The normalized spacial score (nSPS) is 17.6. The summed E-state index contributed by atoms with van der Waals surface area (Å²) in [6.07, 6.45) is 7.95. The molecule has 0 atom stereocenters. The predicted molar refractivity (Wildman–Crippen MR) is 82.0 cm³/mol. The van der Waals surface area contributed by atoms with Gasteiger partial charge in [0.25, 0.3) is 5.91 Å². The van der Waals surface area contributed by atoms with E-state index in [4.69, 9.17) is 0 Å². The highest BCUT2D eigenvalue weighted by atomic mass is 16.1. The number of pyridine rings is 1. The maximum Gasteiger partial charge on any atom is 0.254 e. The van der Waals surface area contributed by atoms with Crippen molar-refractivity contribution in [2.75, 3.05) is 18.9 Å². The molecule has 0 spiro atoms. The Kier molecular flexibility index (Phi) is 4.63. The Morgan fingerprint density at radius 1 is 1.35 bits per heavy atom. The van der Waals surface area contributed by atoms with E-state index in [-0.39, 0.29) is 11.3 Å². The lowest BCUT2D eigenvalue weighted by molar-refractivity contribution is 0.0919. The van der Waals surface area contributed by atoms with Crippen LogP contribution in [-0.4, -0.2) is 24.5 Å². The Labute approximate surface area is 121 Å². The fraction of sp³-hybridized carbons (Fsp3) is 0.625. The molecule has 0 aromatic carbocycles. The van der Waals surface area contributed by atoms with Crippen molar-refractivity contribution in [2.24, 2.45) is 5.41 Å². The topological polar surface area (TPSA) is 54.0 Å². The lowest BCUT2D eigenvalue weighted by Crippen LogP contribution is -2.37. The molecular formula is C16H25N3O. The van der Waals surface area contributed by atoms with Crippen molar-refractivity contribution in [1.29, 1.82) is 0 Å². The number of nitrogens with one attached hydrogen (secondary N) is 2. The molecule has 4 heteroatoms. The molecule has 2 rings (SSSR count). The van der Waals surface area contributed by atoms with Gasteiger partial charge in [-0.3, -0.25) is 9.78 Å². The van der Waals surface area contributed by atoms with Gasteiger partial charge in [0.2, 0.25) is 0 Å². The van der Waals surface area contributed by atoms with E-state index in [9.17, 15) is 4.79 Å². The van der Waals surface area contributed by atoms with Gasteiger partial charge in [-0.25, -0.2) is 0 Å². The number of aryl methyl sites for hydroxylation is 1. The zero-order valence-corrected chi connectivity index (χ0v) is 12.8. The van der Waals surface area contributed by atoms with Crippen molar-refractivity contribution in [2.45, 2.75) is 46.0 Å². The first-order chi connectivity index (χ1) is 9.54. The third-order valence-corrected chi connectivity index (χ3v) is 4.29. The van der Waals surface area contributed by atoms with Crippen molar-refractivity contribution in [3.63, 3.8) is 0 Å². The molecule has 1 fully saturated rings. The second-order valence-corrected chi connectivity index (χ2v) is 6.18. The SMILES string of the molecule is CNc1cc(C)ncc1C(=O)NCC1(C)CCCCC1. The van der Waals surface area contributed by atoms with E-state index in [1.54, 1.807) is 6.20 Å². The monoisotopic (exact) mass is 275 g/mol. The Balaban J connectivity index is 2.01. The first kappa shape index (κ1) is 14.8. The minimum absolute atomic E-state index is 0.0337. The summed E-state index contributed by atoms with van der Waals surface area (Å²) in [5, 5.41) is 6.15. The first-order valence-corrected chi connectivity index (χ1v) is 7.47. The summed E-state index contributed by atoms with van der Waals surface area (Å²) in [7, 11) is 1.83. The molecule has 0 aliphatic heterocycles. The third-order valence-electron chi connectivity index (χ3n) is 4.29. The van der Waals surface area contributed by atoms with E-state index in [0.717, 1.165) is 17.9 Å². The van der Waals surface area contributed by atoms with Gasteiger partial charge in [0, 0.05) is 25.5 Å². The smallest absolute Gasteiger partial charge is 0.254 e. The predicted octanol–water partition coefficient (Wildman–Crippen LogP) is 3.13. The molecule has 1 heterocycles. The highest BCUT2D eigenvalue weighted by Gasteiger charge is 2.27. The van der Waals surface area contributed by atoms with Gasteiger partial charge < -0.3 is 10.6 Å². The van der Waals surface area contributed by atoms with Crippen LogP contribution >= 0.6 is 0 Å². The second-order valence-electron chi connectivity index (χ2n) is 6.18. The molecule has 1 aromatic rings. The van der Waals surface area contributed by atoms with Gasteiger partial charge in [0.1, 0.15) is 0 Å². The van der Waals surface area contributed by atoms with Crippen molar-refractivity contribution in [1.82, 2.24) is 10.3 Å². The molecule has 0 radical (unpaired) electrons. The molecule has 1 aliphatic rings. The molecule has 1 aliphatic carbocycles. The number of carbonyl (C=O) groups is 1. The molecule has 0 bridgehead atoms. The van der Waals surface area contributed by atoms with Gasteiger partial charge in [-0.2, -0.15) is 0 Å². The summed E-state index contributed by atoms with van der Waals surface area (Å²) >= 11 is 0. The van der Waals surface area contributed by atoms with Gasteiger partial charge in [0.15, 0.2) is 0 Å². The van der Waals surface area contributed by atoms with E-state index in [1.165, 1.54) is 32.1 Å². The zero-order valence-electron chi connectivity index (χ0n) is 12.8. The lowest BCUT2D eigenvalue weighted by Gasteiger charge is -2.33. The molecule has 4 nitrogen and oxygen atoms in total. The van der Waals surface area contributed by atoms with Crippen LogP contribution in [0.25, 0.3) is 0 Å². The standard InChI is InChI=1S/C16H25N3O/c1-12-9-14(17-3)13(10-18-12)15(20)19-11-16(2)7-5-4-6-8-16/h9-10H,4-8,11H2,1-3H3,(H,17,18)(H,19,20). The molecule has 1 amide bonds. The molecule has 1 saturated carbocycles. The second kappa shape index (κ2) is 6.25. The Hall–Kier alpha value is -1.58. The van der Waals surface area contributed by atoms with Gasteiger partial charge in [-0.05, 0) is 31.2 Å². The van der Waals surface area contributed by atoms with E-state index in [0.29, 0.717) is 5.56 Å². The Morgan fingerprint density at radius 2 is 2.05 bits per heavy atom. The number of carbonyl (C=O) groups excluding carboxylic acids is 1. The van der Waals surface area contributed by atoms with Crippen molar-refractivity contribution < 1.29 is 4.79 Å². The van der Waals surface area contributed by atoms with Gasteiger partial charge >= 0.3 is 0 Å². The number of hydrogen-bond donors (Lipinski definition) is 2. The highest BCUT2D eigenvalue weighted by molar-refractivity contribution is 5.99. The molecule has 2 N–H and O–H groups in total. The van der Waals surface area contributed by atoms with E-state index >= 15 is 0 Å². The van der Waals surface area contributed by atoms with E-state index in [2.05, 4.69) is 22.5 Å². The number of aromatic nitrogens is 1. The van der Waals surface area contributed by atoms with Gasteiger partial charge in [-0.1, -0.05) is 26.2 Å². The Bertz CT molecular complexity index is 479. The van der Waals surface area contributed by atoms with Crippen molar-refractivity contribution in [3.05, 3.63) is 23.5 Å². The number of nitrogens with zero attached hydrogens (tertiary/aromatic N) is 1. The van der Waals surface area contributed by atoms with Crippen molar-refractivity contribution >= 4 is 11.6 Å². The largest absolute Gasteiger partial charge is 0.387 e. The summed E-state index contributed by atoms with van der Waals surface area (Å²) in [5.41, 5.74) is 2.62. The van der Waals surface area contributed by atoms with Crippen molar-refractivity contribution in [3.8, 4) is 0 Å². The zero-order chi connectivity index (χ0) is 14.6. The summed E-state index contributed by atoms with van der Waals surface area (Å²) < 4.78 is 0. The average Bonchev–Trinajstić information content (AvgIpc) is 2.45. The fourth-order valence-electron chi connectivity index (χ4n) is 2.92. The molecule has 0 saturated heterocycles. The number of rotatable bonds is 4. The van der Waals surface area contributed by atoms with Gasteiger partial charge in [-0.15, -0.1) is 0 Å². The highest BCUT2D eigenvalue weighted by Crippen LogP contribution is 2.35. The van der Waals surface area contributed by atoms with Crippen LogP contribution in [0.3, 0.4) is 0 Å². The minimum Gasteiger partial charge on any atom is -0.387 e. The van der Waals surface area contributed by atoms with E-state index < -0.39 is 0 Å². The van der Waals surface area contributed by atoms with Crippen LogP contribution in [0, 0.1) is 12.3 Å². The van der Waals surface area contributed by atoms with Crippen LogP contribution in [0.1, 0.15) is 55.1 Å². The van der Waals surface area contributed by atoms with Crippen LogP contribution < -0.4 is 10.6 Å². The van der Waals surface area contributed by atoms with E-state index in [1.807, 2.05) is 20.0 Å². The van der Waals surface area contributed by atoms with Crippen LogP contribution in [0.15, 0.2) is 12.3 Å². The summed E-state index contributed by atoms with van der Waals surface area (Å²) in [4.78, 5) is 16.5. The van der Waals surface area contributed by atoms with Gasteiger partial charge in [0.05, 0.1) is 11.3 Å². The molecule has 110 valence electrons. The summed E-state index contributed by atoms with van der Waals surface area (Å²) in [5.74, 6) is -0.0337. The minimum atomic E-state index is -0.0337. The van der Waals surface area contributed by atoms with Crippen LogP contribution in [0.2, 0.25) is 0 Å². The third kappa shape index (κ3) is 3.50. The van der Waals surface area contributed by atoms with Crippen LogP contribution in [0.4, 0.5) is 5.69 Å². The lowest BCUT2D eigenvalue weighted by atomic mass is 9.76.